The smallest absolute Gasteiger partial charge is 0.254 e. The monoisotopic (exact) mass is 312 g/mol. The molecule has 1 amide bonds. The van der Waals surface area contributed by atoms with Gasteiger partial charge in [0.15, 0.2) is 0 Å². The highest BCUT2D eigenvalue weighted by Gasteiger charge is 2.33. The molecule has 1 heterocycles. The topological polar surface area (TPSA) is 51.7 Å². The Hall–Kier alpha value is -2.56. The maximum Gasteiger partial charge on any atom is 0.254 e. The molecule has 0 bridgehead atoms. The second-order valence-corrected chi connectivity index (χ2v) is 5.63. The number of nitrogens with zero attached hydrogens (tertiary/aromatic N) is 2. The van der Waals surface area contributed by atoms with Gasteiger partial charge in [0.05, 0.1) is 14.2 Å². The van der Waals surface area contributed by atoms with Gasteiger partial charge in [-0.2, -0.15) is 0 Å². The van der Waals surface area contributed by atoms with E-state index in [1.54, 1.807) is 44.8 Å². The van der Waals surface area contributed by atoms with Crippen LogP contribution in [0.5, 0.6) is 11.5 Å². The number of carbonyl (C=O) groups is 1. The van der Waals surface area contributed by atoms with Crippen LogP contribution >= 0.6 is 0 Å². The summed E-state index contributed by atoms with van der Waals surface area (Å²) in [5, 5.41) is 0. The highest BCUT2D eigenvalue weighted by atomic mass is 16.5. The fourth-order valence-electron chi connectivity index (χ4n) is 2.54. The van der Waals surface area contributed by atoms with Gasteiger partial charge in [0, 0.05) is 36.6 Å². The van der Waals surface area contributed by atoms with E-state index in [9.17, 15) is 4.79 Å². The maximum absolute atomic E-state index is 13.0. The zero-order valence-electron chi connectivity index (χ0n) is 13.4. The van der Waals surface area contributed by atoms with Gasteiger partial charge < -0.3 is 14.4 Å². The summed E-state index contributed by atoms with van der Waals surface area (Å²) in [7, 11) is 3.16. The Morgan fingerprint density at radius 3 is 2.43 bits per heavy atom. The number of aromatic nitrogens is 1. The molecule has 0 aliphatic heterocycles. The first-order chi connectivity index (χ1) is 11.2. The Kier molecular flexibility index (Phi) is 4.46. The van der Waals surface area contributed by atoms with Crippen LogP contribution in [0.3, 0.4) is 0 Å². The molecule has 3 rings (SSSR count). The Morgan fingerprint density at radius 1 is 1.22 bits per heavy atom. The molecule has 2 aromatic rings. The van der Waals surface area contributed by atoms with Crippen LogP contribution in [0.15, 0.2) is 42.7 Å². The van der Waals surface area contributed by atoms with Crippen molar-refractivity contribution in [2.75, 3.05) is 14.2 Å². The number of hydrogen-bond donors (Lipinski definition) is 0. The van der Waals surface area contributed by atoms with E-state index in [1.165, 1.54) is 0 Å². The Labute approximate surface area is 135 Å². The van der Waals surface area contributed by atoms with Crippen LogP contribution in [0, 0.1) is 0 Å². The minimum Gasteiger partial charge on any atom is -0.497 e. The zero-order valence-corrected chi connectivity index (χ0v) is 13.4. The fraction of sp³-hybridized carbons (Fsp3) is 0.333. The van der Waals surface area contributed by atoms with Crippen molar-refractivity contribution in [3.63, 3.8) is 0 Å². The largest absolute Gasteiger partial charge is 0.497 e. The van der Waals surface area contributed by atoms with Crippen LogP contribution in [-0.4, -0.2) is 36.1 Å². The lowest BCUT2D eigenvalue weighted by Crippen LogP contribution is -2.32. The molecule has 1 aliphatic rings. The van der Waals surface area contributed by atoms with E-state index in [0.29, 0.717) is 29.6 Å². The number of amides is 1. The summed E-state index contributed by atoms with van der Waals surface area (Å²) in [5.74, 6) is 1.23. The molecule has 120 valence electrons. The van der Waals surface area contributed by atoms with E-state index in [1.807, 2.05) is 17.0 Å². The molecule has 0 atom stereocenters. The predicted molar refractivity (Wildman–Crippen MR) is 86.7 cm³/mol. The third kappa shape index (κ3) is 3.62. The SMILES string of the molecule is COc1cc(OC)cc(C(=O)N(Cc2cccnc2)C2CC2)c1. The molecule has 1 saturated carbocycles. The van der Waals surface area contributed by atoms with Crippen LogP contribution < -0.4 is 9.47 Å². The highest BCUT2D eigenvalue weighted by Crippen LogP contribution is 2.31. The molecule has 0 N–H and O–H groups in total. The van der Waals surface area contributed by atoms with Gasteiger partial charge in [0.25, 0.3) is 5.91 Å². The summed E-state index contributed by atoms with van der Waals surface area (Å²) < 4.78 is 10.5. The van der Waals surface area contributed by atoms with Crippen molar-refractivity contribution in [2.45, 2.75) is 25.4 Å². The molecule has 0 radical (unpaired) electrons. The first kappa shape index (κ1) is 15.3. The van der Waals surface area contributed by atoms with Gasteiger partial charge in [-0.05, 0) is 36.6 Å². The lowest BCUT2D eigenvalue weighted by Gasteiger charge is -2.23. The van der Waals surface area contributed by atoms with Crippen molar-refractivity contribution in [2.24, 2.45) is 0 Å². The van der Waals surface area contributed by atoms with Crippen molar-refractivity contribution >= 4 is 5.91 Å². The van der Waals surface area contributed by atoms with Gasteiger partial charge in [0.1, 0.15) is 11.5 Å². The lowest BCUT2D eigenvalue weighted by atomic mass is 10.1. The molecule has 5 nitrogen and oxygen atoms in total. The molecule has 5 heteroatoms. The van der Waals surface area contributed by atoms with Crippen LogP contribution in [0.2, 0.25) is 0 Å². The Balaban J connectivity index is 1.86. The number of hydrogen-bond acceptors (Lipinski definition) is 4. The molecule has 23 heavy (non-hydrogen) atoms. The summed E-state index contributed by atoms with van der Waals surface area (Å²) >= 11 is 0. The van der Waals surface area contributed by atoms with E-state index >= 15 is 0 Å². The molecule has 1 aliphatic carbocycles. The summed E-state index contributed by atoms with van der Waals surface area (Å²) in [5.41, 5.74) is 1.61. The minimum atomic E-state index is -0.00597. The molecule has 1 aromatic heterocycles. The zero-order chi connectivity index (χ0) is 16.2. The van der Waals surface area contributed by atoms with Crippen molar-refractivity contribution < 1.29 is 14.3 Å². The normalized spacial score (nSPS) is 13.5. The van der Waals surface area contributed by atoms with E-state index < -0.39 is 0 Å². The molecule has 0 unspecified atom stereocenters. The van der Waals surface area contributed by atoms with Crippen LogP contribution in [0.1, 0.15) is 28.8 Å². The van der Waals surface area contributed by atoms with E-state index in [-0.39, 0.29) is 5.91 Å². The number of benzene rings is 1. The average molecular weight is 312 g/mol. The van der Waals surface area contributed by atoms with Gasteiger partial charge in [-0.25, -0.2) is 0 Å². The molecule has 0 saturated heterocycles. The lowest BCUT2D eigenvalue weighted by molar-refractivity contribution is 0.0729. The fourth-order valence-corrected chi connectivity index (χ4v) is 2.54. The van der Waals surface area contributed by atoms with Gasteiger partial charge in [0.2, 0.25) is 0 Å². The minimum absolute atomic E-state index is 0.00597. The van der Waals surface area contributed by atoms with Crippen molar-refractivity contribution in [1.82, 2.24) is 9.88 Å². The van der Waals surface area contributed by atoms with Crippen LogP contribution in [0.25, 0.3) is 0 Å². The number of methoxy groups -OCH3 is 2. The number of rotatable bonds is 6. The molecule has 1 fully saturated rings. The summed E-state index contributed by atoms with van der Waals surface area (Å²) in [6.07, 6.45) is 5.63. The molecule has 0 spiro atoms. The third-order valence-corrected chi connectivity index (χ3v) is 3.92. The molecular formula is C18H20N2O3. The van der Waals surface area contributed by atoms with Crippen LogP contribution in [-0.2, 0) is 6.54 Å². The quantitative estimate of drug-likeness (QED) is 0.823. The number of carbonyl (C=O) groups excluding carboxylic acids is 1. The standard InChI is InChI=1S/C18H20N2O3/c1-22-16-8-14(9-17(10-16)23-2)18(21)20(15-5-6-15)12-13-4-3-7-19-11-13/h3-4,7-11,15H,5-6,12H2,1-2H3. The predicted octanol–water partition coefficient (Wildman–Crippen LogP) is 2.90. The molecular weight excluding hydrogens is 292 g/mol. The first-order valence-corrected chi connectivity index (χ1v) is 7.64. The van der Waals surface area contributed by atoms with Gasteiger partial charge in [-0.15, -0.1) is 0 Å². The first-order valence-electron chi connectivity index (χ1n) is 7.64. The van der Waals surface area contributed by atoms with Crippen molar-refractivity contribution in [1.29, 1.82) is 0 Å². The van der Waals surface area contributed by atoms with Crippen molar-refractivity contribution in [3.05, 3.63) is 53.9 Å². The average Bonchev–Trinajstić information content (AvgIpc) is 3.44. The van der Waals surface area contributed by atoms with E-state index in [0.717, 1.165) is 18.4 Å². The number of ether oxygens (including phenoxy) is 2. The Bertz CT molecular complexity index is 662. The van der Waals surface area contributed by atoms with Gasteiger partial charge in [-0.3, -0.25) is 9.78 Å². The van der Waals surface area contributed by atoms with E-state index in [4.69, 9.17) is 9.47 Å². The second kappa shape index (κ2) is 6.69. The van der Waals surface area contributed by atoms with Crippen LogP contribution in [0.4, 0.5) is 0 Å². The van der Waals surface area contributed by atoms with Gasteiger partial charge in [-0.1, -0.05) is 6.07 Å². The molecule has 1 aromatic carbocycles. The second-order valence-electron chi connectivity index (χ2n) is 5.63. The third-order valence-electron chi connectivity index (χ3n) is 3.92. The maximum atomic E-state index is 13.0. The number of pyridine rings is 1. The van der Waals surface area contributed by atoms with E-state index in [2.05, 4.69) is 4.98 Å². The highest BCUT2D eigenvalue weighted by molar-refractivity contribution is 5.95. The summed E-state index contributed by atoms with van der Waals surface area (Å²) in [6, 6.07) is 9.45. The summed E-state index contributed by atoms with van der Waals surface area (Å²) in [6.45, 7) is 0.566. The van der Waals surface area contributed by atoms with Crippen molar-refractivity contribution in [3.8, 4) is 11.5 Å². The Morgan fingerprint density at radius 2 is 1.91 bits per heavy atom. The summed E-state index contributed by atoms with van der Waals surface area (Å²) in [4.78, 5) is 19.0. The van der Waals surface area contributed by atoms with Gasteiger partial charge >= 0.3 is 0 Å².